The van der Waals surface area contributed by atoms with Crippen molar-refractivity contribution in [1.29, 1.82) is 0 Å². The van der Waals surface area contributed by atoms with Crippen LogP contribution in [0, 0.1) is 0 Å². The number of carbonyl (C=O) groups excluding carboxylic acids is 6. The summed E-state index contributed by atoms with van der Waals surface area (Å²) in [6.07, 6.45) is -1.35. The van der Waals surface area contributed by atoms with E-state index in [0.29, 0.717) is 33.4 Å². The lowest BCUT2D eigenvalue weighted by atomic mass is 9.77. The summed E-state index contributed by atoms with van der Waals surface area (Å²) in [6, 6.07) is 5.64. The maximum absolute atomic E-state index is 16.2. The zero-order valence-corrected chi connectivity index (χ0v) is 52.6. The summed E-state index contributed by atoms with van der Waals surface area (Å²) in [6.45, 7) is 32.2. The van der Waals surface area contributed by atoms with Crippen LogP contribution < -0.4 is 49.5 Å². The lowest BCUT2D eigenvalue weighted by molar-refractivity contribution is -0.138. The molecule has 464 valence electrons. The predicted molar refractivity (Wildman–Crippen MR) is 327 cm³/mol. The number of nitrogens with two attached hydrogens (primary N) is 4. The number of carboxylic acid groups (broad SMARTS) is 1. The molecule has 3 rings (SSSR count). The van der Waals surface area contributed by atoms with Crippen LogP contribution in [-0.4, -0.2) is 111 Å². The highest BCUT2D eigenvalue weighted by molar-refractivity contribution is 6.09. The van der Waals surface area contributed by atoms with Crippen molar-refractivity contribution in [3.8, 4) is 17.2 Å². The number of carboxylic acids is 1. The summed E-state index contributed by atoms with van der Waals surface area (Å²) in [5, 5.41) is 57.8. The molecule has 17 N–H and O–H groups in total. The van der Waals surface area contributed by atoms with Crippen LogP contribution in [0.15, 0.2) is 46.4 Å². The number of amides is 5. The molecule has 5 amide bonds. The molecule has 3 aromatic rings. The summed E-state index contributed by atoms with van der Waals surface area (Å²) < 4.78 is 0. The molecule has 0 aromatic heterocycles. The first-order valence-electron chi connectivity index (χ1n) is 28.2. The SMILES string of the molecule is CC(C)(C)c1cc(C(=O)CC(NC(=O)c2cc(C(C)(C)C)c(O)c(C(C)(C)C)c2)(NC(=O)c2cc(C(C)(C)C)c(O)c(C(C)(C)C)c2)C(=O)N[C@@H](CCCN=C(N)N)C(=O)N[C@@H](CCCN=C(N)N)C(=O)NCC(=O)O)cc(C(C)(C)C)c1O. The number of ketones is 1. The van der Waals surface area contributed by atoms with Crippen LogP contribution in [-0.2, 0) is 51.7 Å². The smallest absolute Gasteiger partial charge is 0.322 e. The molecule has 0 saturated heterocycles. The molecular weight excluding hydrogens is 1070 g/mol. The molecule has 0 aliphatic carbocycles. The Kier molecular flexibility index (Phi) is 22.4. The maximum atomic E-state index is 16.2. The normalized spacial score (nSPS) is 13.2. The standard InChI is InChI=1S/C62H95N11O11/c1-56(2,3)36-25-33(26-37(46(36)77)57(4,5)6)44(74)31-62(72-49(80)34-27-38(58(7,8)9)47(78)39(28-34)59(10,11)12,73-50(81)35-29-40(60(13,14)15)48(79)41(30-35)61(16,17)18)53(84)71-43(22-20-24-68-55(65)66)52(83)70-42(21-19-23-67-54(63)64)51(82)69-32-45(75)76/h25-30,42-43,77-79H,19-24,31-32H2,1-18H3,(H,69,82)(H,70,83)(H,71,84)(H,72,80)(H,73,81)(H,75,76)(H4,63,64,67)(H4,65,66,68)/t42-,43-/m0/s1. The second-order valence-electron chi connectivity index (χ2n) is 27.8. The third kappa shape index (κ3) is 19.1. The van der Waals surface area contributed by atoms with Crippen molar-refractivity contribution < 1.29 is 54.0 Å². The van der Waals surface area contributed by atoms with Gasteiger partial charge in [0.05, 0.1) is 6.42 Å². The van der Waals surface area contributed by atoms with Crippen molar-refractivity contribution in [2.45, 2.75) is 207 Å². The van der Waals surface area contributed by atoms with Gasteiger partial charge in [-0.1, -0.05) is 125 Å². The van der Waals surface area contributed by atoms with E-state index in [2.05, 4.69) is 36.6 Å². The molecule has 2 atom stereocenters. The average molecular weight is 1170 g/mol. The number of phenols is 3. The van der Waals surface area contributed by atoms with Gasteiger partial charge in [-0.15, -0.1) is 0 Å². The van der Waals surface area contributed by atoms with Crippen LogP contribution in [0.3, 0.4) is 0 Å². The van der Waals surface area contributed by atoms with E-state index in [1.807, 2.05) is 125 Å². The summed E-state index contributed by atoms with van der Waals surface area (Å²) in [7, 11) is 0. The minimum absolute atomic E-state index is 0.00269. The van der Waals surface area contributed by atoms with Crippen molar-refractivity contribution >= 4 is 53.2 Å². The number of hydrogen-bond acceptors (Lipinski definition) is 12. The van der Waals surface area contributed by atoms with Gasteiger partial charge in [0.25, 0.3) is 17.7 Å². The third-order valence-electron chi connectivity index (χ3n) is 14.1. The molecule has 0 spiro atoms. The van der Waals surface area contributed by atoms with E-state index in [1.54, 1.807) is 0 Å². The first kappa shape index (κ1) is 70.4. The van der Waals surface area contributed by atoms with Gasteiger partial charge < -0.3 is 69.9 Å². The number of nitrogens with zero attached hydrogens (tertiary/aromatic N) is 2. The van der Waals surface area contributed by atoms with E-state index >= 15 is 19.2 Å². The predicted octanol–water partition coefficient (Wildman–Crippen LogP) is 6.00. The van der Waals surface area contributed by atoms with E-state index in [0.717, 1.165) is 0 Å². The number of guanidine groups is 2. The maximum Gasteiger partial charge on any atom is 0.322 e. The molecule has 22 heteroatoms. The van der Waals surface area contributed by atoms with Crippen LogP contribution in [0.2, 0.25) is 0 Å². The van der Waals surface area contributed by atoms with Crippen LogP contribution in [0.4, 0.5) is 0 Å². The topological polar surface area (TPSA) is 389 Å². The number of benzene rings is 3. The van der Waals surface area contributed by atoms with Crippen LogP contribution in [0.5, 0.6) is 17.2 Å². The van der Waals surface area contributed by atoms with Crippen LogP contribution in [0.1, 0.15) is 221 Å². The molecule has 0 heterocycles. The van der Waals surface area contributed by atoms with E-state index in [-0.39, 0.29) is 84.6 Å². The van der Waals surface area contributed by atoms with Gasteiger partial charge in [-0.3, -0.25) is 43.5 Å². The summed E-state index contributed by atoms with van der Waals surface area (Å²) in [5.74, 6) is -8.16. The quantitative estimate of drug-likeness (QED) is 0.0180. The number of hydrogen-bond donors (Lipinski definition) is 13. The van der Waals surface area contributed by atoms with Gasteiger partial charge in [0, 0.05) is 63.2 Å². The molecule has 0 radical (unpaired) electrons. The zero-order valence-electron chi connectivity index (χ0n) is 52.6. The van der Waals surface area contributed by atoms with E-state index in [1.165, 1.54) is 36.4 Å². The van der Waals surface area contributed by atoms with E-state index in [4.69, 9.17) is 22.9 Å². The number of carbonyl (C=O) groups is 7. The first-order valence-corrected chi connectivity index (χ1v) is 28.2. The minimum Gasteiger partial charge on any atom is -0.507 e. The molecule has 84 heavy (non-hydrogen) atoms. The van der Waals surface area contributed by atoms with Crippen molar-refractivity contribution in [2.75, 3.05) is 19.6 Å². The van der Waals surface area contributed by atoms with Crippen LogP contribution >= 0.6 is 0 Å². The highest BCUT2D eigenvalue weighted by Crippen LogP contribution is 2.43. The van der Waals surface area contributed by atoms with Crippen molar-refractivity contribution in [3.63, 3.8) is 0 Å². The molecule has 0 aliphatic rings. The molecule has 22 nitrogen and oxygen atoms in total. The first-order chi connectivity index (χ1) is 38.1. The number of aliphatic imine (C=N–C) groups is 2. The molecule has 0 bridgehead atoms. The van der Waals surface area contributed by atoms with Gasteiger partial charge in [0.1, 0.15) is 35.9 Å². The Balaban J connectivity index is 2.64. The Morgan fingerprint density at radius 1 is 0.464 bits per heavy atom. The molecule has 0 aliphatic heterocycles. The van der Waals surface area contributed by atoms with Gasteiger partial charge in [-0.05, 0) is 94.6 Å². The molecule has 0 unspecified atom stereocenters. The van der Waals surface area contributed by atoms with Gasteiger partial charge in [0.15, 0.2) is 17.7 Å². The largest absolute Gasteiger partial charge is 0.507 e. The van der Waals surface area contributed by atoms with Crippen molar-refractivity contribution in [2.24, 2.45) is 32.9 Å². The molecule has 0 fully saturated rings. The minimum atomic E-state index is -2.88. The molecular formula is C62H95N11O11. The summed E-state index contributed by atoms with van der Waals surface area (Å²) >= 11 is 0. The third-order valence-corrected chi connectivity index (χ3v) is 14.1. The fraction of sp³-hybridized carbons (Fsp3) is 0.565. The zero-order chi connectivity index (χ0) is 64.6. The monoisotopic (exact) mass is 1170 g/mol. The number of aromatic hydroxyl groups is 3. The average Bonchev–Trinajstić information content (AvgIpc) is 2.01. The van der Waals surface area contributed by atoms with Crippen molar-refractivity contribution in [3.05, 3.63) is 86.5 Å². The summed E-state index contributed by atoms with van der Waals surface area (Å²) in [4.78, 5) is 111. The Bertz CT molecular complexity index is 2690. The second kappa shape index (κ2) is 26.8. The Labute approximate surface area is 495 Å². The van der Waals surface area contributed by atoms with Crippen LogP contribution in [0.25, 0.3) is 0 Å². The molecule has 3 aromatic carbocycles. The Morgan fingerprint density at radius 3 is 1.05 bits per heavy atom. The number of phenolic OH excluding ortho intramolecular Hbond substituents is 3. The second-order valence-corrected chi connectivity index (χ2v) is 27.8. The Hall–Kier alpha value is -7.91. The van der Waals surface area contributed by atoms with Crippen molar-refractivity contribution in [1.82, 2.24) is 26.6 Å². The van der Waals surface area contributed by atoms with Gasteiger partial charge >= 0.3 is 5.97 Å². The van der Waals surface area contributed by atoms with Gasteiger partial charge in [-0.2, -0.15) is 0 Å². The highest BCUT2D eigenvalue weighted by Gasteiger charge is 2.47. The van der Waals surface area contributed by atoms with E-state index < -0.39 is 104 Å². The fourth-order valence-corrected chi connectivity index (χ4v) is 9.33. The number of aliphatic carboxylic acids is 1. The lowest BCUT2D eigenvalue weighted by Crippen LogP contribution is -2.71. The lowest BCUT2D eigenvalue weighted by Gasteiger charge is -2.36. The fourth-order valence-electron chi connectivity index (χ4n) is 9.33. The number of nitrogens with one attached hydrogen (secondary N) is 5. The number of Topliss-reactive ketones (excluding diaryl/α,β-unsaturated/α-hetero) is 1. The van der Waals surface area contributed by atoms with E-state index in [9.17, 15) is 34.8 Å². The molecule has 0 saturated carbocycles. The van der Waals surface area contributed by atoms with Gasteiger partial charge in [0.2, 0.25) is 17.5 Å². The van der Waals surface area contributed by atoms with Gasteiger partial charge in [-0.25, -0.2) is 0 Å². The summed E-state index contributed by atoms with van der Waals surface area (Å²) in [5.41, 5.74) is 16.9. The Morgan fingerprint density at radius 2 is 0.762 bits per heavy atom. The highest BCUT2D eigenvalue weighted by atomic mass is 16.4. The number of rotatable bonds is 22.